The summed E-state index contributed by atoms with van der Waals surface area (Å²) in [4.78, 5) is 12.1. The zero-order valence-corrected chi connectivity index (χ0v) is 11.9. The number of carbonyl (C=O) groups excluding carboxylic acids is 1. The minimum Gasteiger partial charge on any atom is -0.317 e. The molecule has 1 aliphatic heterocycles. The molecule has 0 spiro atoms. The van der Waals surface area contributed by atoms with Gasteiger partial charge in [0.15, 0.2) is 0 Å². The van der Waals surface area contributed by atoms with Crippen molar-refractivity contribution in [2.45, 2.75) is 32.1 Å². The van der Waals surface area contributed by atoms with Crippen LogP contribution in [-0.4, -0.2) is 18.9 Å². The molecule has 0 radical (unpaired) electrons. The Bertz CT molecular complexity index is 436. The van der Waals surface area contributed by atoms with Crippen molar-refractivity contribution in [3.05, 3.63) is 33.8 Å². The third kappa shape index (κ3) is 2.31. The maximum atomic E-state index is 12.1. The van der Waals surface area contributed by atoms with E-state index in [1.165, 1.54) is 11.1 Å². The highest BCUT2D eigenvalue weighted by Crippen LogP contribution is 2.37. The highest BCUT2D eigenvalue weighted by Gasteiger charge is 2.39. The number of hydrogen-bond acceptors (Lipinski definition) is 2. The van der Waals surface area contributed by atoms with Crippen molar-refractivity contribution in [3.8, 4) is 0 Å². The number of Topliss-reactive ketones (excluding diaryl/α,β-unsaturated/α-hetero) is 1. The van der Waals surface area contributed by atoms with Gasteiger partial charge in [0.25, 0.3) is 0 Å². The van der Waals surface area contributed by atoms with Gasteiger partial charge in [0.1, 0.15) is 5.78 Å². The van der Waals surface area contributed by atoms with Gasteiger partial charge in [-0.25, -0.2) is 0 Å². The second kappa shape index (κ2) is 4.91. The molecule has 1 fully saturated rings. The standard InChI is InChI=1S/C14H18BrNO/c1-10-3-4-12(15)9-13(10)14(11(2)17)5-7-16-8-6-14/h3-4,9,16H,5-8H2,1-2H3. The molecule has 0 saturated carbocycles. The largest absolute Gasteiger partial charge is 0.317 e. The molecule has 0 atom stereocenters. The second-order valence-electron chi connectivity index (χ2n) is 4.85. The Balaban J connectivity index is 2.52. The summed E-state index contributed by atoms with van der Waals surface area (Å²) in [5.41, 5.74) is 2.13. The molecule has 1 saturated heterocycles. The SMILES string of the molecule is CC(=O)C1(c2cc(Br)ccc2C)CCNCC1. The van der Waals surface area contributed by atoms with Crippen LogP contribution in [0, 0.1) is 6.92 Å². The number of hydrogen-bond donors (Lipinski definition) is 1. The fraction of sp³-hybridized carbons (Fsp3) is 0.500. The highest BCUT2D eigenvalue weighted by atomic mass is 79.9. The quantitative estimate of drug-likeness (QED) is 0.909. The zero-order valence-electron chi connectivity index (χ0n) is 10.3. The van der Waals surface area contributed by atoms with Crippen molar-refractivity contribution in [1.29, 1.82) is 0 Å². The summed E-state index contributed by atoms with van der Waals surface area (Å²) in [5, 5.41) is 3.33. The summed E-state index contributed by atoms with van der Waals surface area (Å²) in [5.74, 6) is 0.292. The van der Waals surface area contributed by atoms with E-state index in [1.54, 1.807) is 6.92 Å². The Morgan fingerprint density at radius 1 is 1.35 bits per heavy atom. The molecular formula is C14H18BrNO. The first-order valence-corrected chi connectivity index (χ1v) is 6.84. The molecule has 92 valence electrons. The normalized spacial score (nSPS) is 19.0. The number of benzene rings is 1. The van der Waals surface area contributed by atoms with Gasteiger partial charge in [0.05, 0.1) is 5.41 Å². The summed E-state index contributed by atoms with van der Waals surface area (Å²) in [6.07, 6.45) is 1.80. The number of rotatable bonds is 2. The zero-order chi connectivity index (χ0) is 12.5. The average molecular weight is 296 g/mol. The van der Waals surface area contributed by atoms with Gasteiger partial charge in [-0.15, -0.1) is 0 Å². The first kappa shape index (κ1) is 12.8. The number of piperidine rings is 1. The minimum atomic E-state index is -0.279. The van der Waals surface area contributed by atoms with Crippen LogP contribution in [0.3, 0.4) is 0 Å². The van der Waals surface area contributed by atoms with Crippen LogP contribution < -0.4 is 5.32 Å². The van der Waals surface area contributed by atoms with E-state index < -0.39 is 0 Å². The van der Waals surface area contributed by atoms with Crippen LogP contribution in [0.25, 0.3) is 0 Å². The minimum absolute atomic E-state index is 0.279. The average Bonchev–Trinajstić information content (AvgIpc) is 2.33. The van der Waals surface area contributed by atoms with Crippen molar-refractivity contribution >= 4 is 21.7 Å². The first-order valence-electron chi connectivity index (χ1n) is 6.05. The van der Waals surface area contributed by atoms with Crippen molar-refractivity contribution in [3.63, 3.8) is 0 Å². The molecule has 1 N–H and O–H groups in total. The predicted molar refractivity (Wildman–Crippen MR) is 73.3 cm³/mol. The van der Waals surface area contributed by atoms with Crippen LogP contribution in [0.1, 0.15) is 30.9 Å². The molecule has 1 heterocycles. The molecule has 0 unspecified atom stereocenters. The van der Waals surface area contributed by atoms with Crippen molar-refractivity contribution in [2.75, 3.05) is 13.1 Å². The predicted octanol–water partition coefficient (Wildman–Crippen LogP) is 2.97. The third-order valence-corrected chi connectivity index (χ3v) is 4.34. The van der Waals surface area contributed by atoms with Crippen LogP contribution in [0.2, 0.25) is 0 Å². The smallest absolute Gasteiger partial charge is 0.140 e. The van der Waals surface area contributed by atoms with E-state index in [0.717, 1.165) is 30.4 Å². The lowest BCUT2D eigenvalue weighted by Crippen LogP contribution is -2.45. The Kier molecular flexibility index (Phi) is 3.69. The molecule has 1 aliphatic rings. The van der Waals surface area contributed by atoms with Crippen LogP contribution >= 0.6 is 15.9 Å². The third-order valence-electron chi connectivity index (χ3n) is 3.85. The Morgan fingerprint density at radius 2 is 2.00 bits per heavy atom. The van der Waals surface area contributed by atoms with Crippen molar-refractivity contribution in [2.24, 2.45) is 0 Å². The van der Waals surface area contributed by atoms with Gasteiger partial charge in [-0.05, 0) is 63.0 Å². The topological polar surface area (TPSA) is 29.1 Å². The molecule has 2 rings (SSSR count). The summed E-state index contributed by atoms with van der Waals surface area (Å²) in [7, 11) is 0. The molecule has 1 aromatic carbocycles. The molecule has 17 heavy (non-hydrogen) atoms. The summed E-state index contributed by atoms with van der Waals surface area (Å²) >= 11 is 3.51. The molecular weight excluding hydrogens is 278 g/mol. The van der Waals surface area contributed by atoms with Crippen molar-refractivity contribution < 1.29 is 4.79 Å². The molecule has 1 aromatic rings. The molecule has 3 heteroatoms. The van der Waals surface area contributed by atoms with Gasteiger partial charge in [0.2, 0.25) is 0 Å². The lowest BCUT2D eigenvalue weighted by molar-refractivity contribution is -0.123. The monoisotopic (exact) mass is 295 g/mol. The summed E-state index contributed by atoms with van der Waals surface area (Å²) in [6.45, 7) is 5.66. The van der Waals surface area contributed by atoms with Crippen LogP contribution in [0.15, 0.2) is 22.7 Å². The van der Waals surface area contributed by atoms with E-state index in [9.17, 15) is 4.79 Å². The molecule has 0 amide bonds. The van der Waals surface area contributed by atoms with Crippen molar-refractivity contribution in [1.82, 2.24) is 5.32 Å². The lowest BCUT2D eigenvalue weighted by Gasteiger charge is -2.37. The fourth-order valence-electron chi connectivity index (χ4n) is 2.77. The van der Waals surface area contributed by atoms with Gasteiger partial charge in [-0.1, -0.05) is 22.0 Å². The Labute approximate surface area is 111 Å². The summed E-state index contributed by atoms with van der Waals surface area (Å²) in [6, 6.07) is 6.24. The maximum Gasteiger partial charge on any atom is 0.140 e. The molecule has 0 aromatic heterocycles. The number of halogens is 1. The van der Waals surface area contributed by atoms with Gasteiger partial charge in [-0.3, -0.25) is 4.79 Å². The number of ketones is 1. The Hall–Kier alpha value is -0.670. The lowest BCUT2D eigenvalue weighted by atomic mass is 9.69. The molecule has 0 aliphatic carbocycles. The Morgan fingerprint density at radius 3 is 2.59 bits per heavy atom. The maximum absolute atomic E-state index is 12.1. The summed E-state index contributed by atoms with van der Waals surface area (Å²) < 4.78 is 1.05. The van der Waals surface area contributed by atoms with Crippen LogP contribution in [-0.2, 0) is 10.2 Å². The van der Waals surface area contributed by atoms with Gasteiger partial charge < -0.3 is 5.32 Å². The van der Waals surface area contributed by atoms with Gasteiger partial charge in [-0.2, -0.15) is 0 Å². The van der Waals surface area contributed by atoms with E-state index >= 15 is 0 Å². The number of nitrogens with one attached hydrogen (secondary N) is 1. The van der Waals surface area contributed by atoms with E-state index in [1.807, 2.05) is 6.07 Å². The van der Waals surface area contributed by atoms with E-state index in [4.69, 9.17) is 0 Å². The van der Waals surface area contributed by atoms with Crippen LogP contribution in [0.5, 0.6) is 0 Å². The molecule has 0 bridgehead atoms. The second-order valence-corrected chi connectivity index (χ2v) is 5.76. The highest BCUT2D eigenvalue weighted by molar-refractivity contribution is 9.10. The fourth-order valence-corrected chi connectivity index (χ4v) is 3.14. The molecule has 2 nitrogen and oxygen atoms in total. The van der Waals surface area contributed by atoms with Crippen LogP contribution in [0.4, 0.5) is 0 Å². The number of aryl methyl sites for hydroxylation is 1. The van der Waals surface area contributed by atoms with Gasteiger partial charge in [0, 0.05) is 4.47 Å². The van der Waals surface area contributed by atoms with Gasteiger partial charge >= 0.3 is 0 Å². The van der Waals surface area contributed by atoms with E-state index in [0.29, 0.717) is 5.78 Å². The van der Waals surface area contributed by atoms with E-state index in [2.05, 4.69) is 40.3 Å². The van der Waals surface area contributed by atoms with E-state index in [-0.39, 0.29) is 5.41 Å². The number of carbonyl (C=O) groups is 1. The first-order chi connectivity index (χ1) is 8.06.